The Morgan fingerprint density at radius 1 is 1.47 bits per heavy atom. The summed E-state index contributed by atoms with van der Waals surface area (Å²) >= 11 is 3.41. The minimum Gasteiger partial charge on any atom is -0.369 e. The van der Waals surface area contributed by atoms with Crippen molar-refractivity contribution in [3.05, 3.63) is 22.7 Å². The highest BCUT2D eigenvalue weighted by atomic mass is 79.9. The van der Waals surface area contributed by atoms with Crippen molar-refractivity contribution in [1.29, 1.82) is 0 Å². The second-order valence-electron chi connectivity index (χ2n) is 4.90. The van der Waals surface area contributed by atoms with Gasteiger partial charge in [-0.3, -0.25) is 0 Å². The Morgan fingerprint density at radius 3 is 2.89 bits per heavy atom. The van der Waals surface area contributed by atoms with Gasteiger partial charge in [0.1, 0.15) is 0 Å². The maximum Gasteiger partial charge on any atom is 0.182 e. The SMILES string of the molecule is CNCCCC1CS(=O)(=O)c2ccc(Br)cc2N1C. The molecule has 1 aromatic rings. The fourth-order valence-electron chi connectivity index (χ4n) is 2.47. The molecule has 0 fully saturated rings. The van der Waals surface area contributed by atoms with Crippen molar-refractivity contribution in [2.45, 2.75) is 23.8 Å². The normalized spacial score (nSPS) is 21.2. The van der Waals surface area contributed by atoms with Gasteiger partial charge in [0.2, 0.25) is 0 Å². The summed E-state index contributed by atoms with van der Waals surface area (Å²) in [6, 6.07) is 5.41. The maximum absolute atomic E-state index is 12.3. The Balaban J connectivity index is 2.31. The molecule has 0 amide bonds. The lowest BCUT2D eigenvalue weighted by Gasteiger charge is -2.35. The molecule has 0 saturated carbocycles. The third kappa shape index (κ3) is 3.12. The van der Waals surface area contributed by atoms with Crippen LogP contribution in [-0.4, -0.2) is 40.9 Å². The standard InChI is InChI=1S/C13H19BrN2O2S/c1-15-7-3-4-11-9-19(17,18)13-6-5-10(14)8-12(13)16(11)2/h5-6,8,11,15H,3-4,7,9H2,1-2H3. The fourth-order valence-corrected chi connectivity index (χ4v) is 4.69. The van der Waals surface area contributed by atoms with Gasteiger partial charge >= 0.3 is 0 Å². The Kier molecular flexibility index (Phi) is 4.53. The van der Waals surface area contributed by atoms with E-state index in [0.29, 0.717) is 4.90 Å². The first-order chi connectivity index (χ1) is 8.95. The number of sulfone groups is 1. The Labute approximate surface area is 123 Å². The van der Waals surface area contributed by atoms with Gasteiger partial charge < -0.3 is 10.2 Å². The van der Waals surface area contributed by atoms with Gasteiger partial charge in [-0.25, -0.2) is 8.42 Å². The van der Waals surface area contributed by atoms with Crippen LogP contribution < -0.4 is 10.2 Å². The summed E-state index contributed by atoms with van der Waals surface area (Å²) in [6.45, 7) is 0.912. The second-order valence-corrected chi connectivity index (χ2v) is 7.82. The molecule has 1 aliphatic heterocycles. The quantitative estimate of drug-likeness (QED) is 0.847. The van der Waals surface area contributed by atoms with E-state index in [4.69, 9.17) is 0 Å². The first-order valence-electron chi connectivity index (χ1n) is 6.35. The van der Waals surface area contributed by atoms with Crippen molar-refractivity contribution >= 4 is 31.5 Å². The van der Waals surface area contributed by atoms with Crippen molar-refractivity contribution in [2.75, 3.05) is 31.3 Å². The molecule has 19 heavy (non-hydrogen) atoms. The van der Waals surface area contributed by atoms with Crippen LogP contribution >= 0.6 is 15.9 Å². The van der Waals surface area contributed by atoms with Crippen LogP contribution in [0.15, 0.2) is 27.6 Å². The first-order valence-corrected chi connectivity index (χ1v) is 8.80. The first kappa shape index (κ1) is 14.8. The molecule has 1 unspecified atom stereocenters. The molecule has 1 atom stereocenters. The van der Waals surface area contributed by atoms with Gasteiger partial charge in [-0.2, -0.15) is 0 Å². The number of rotatable bonds is 4. The van der Waals surface area contributed by atoms with Crippen molar-refractivity contribution in [3.63, 3.8) is 0 Å². The molecule has 0 radical (unpaired) electrons. The van der Waals surface area contributed by atoms with Crippen LogP contribution in [0.1, 0.15) is 12.8 Å². The van der Waals surface area contributed by atoms with Gasteiger partial charge in [0, 0.05) is 17.6 Å². The number of hydrogen-bond acceptors (Lipinski definition) is 4. The number of nitrogens with one attached hydrogen (secondary N) is 1. The van der Waals surface area contributed by atoms with Crippen molar-refractivity contribution < 1.29 is 8.42 Å². The largest absolute Gasteiger partial charge is 0.369 e. The minimum absolute atomic E-state index is 0.0557. The van der Waals surface area contributed by atoms with Gasteiger partial charge in [-0.05, 0) is 44.6 Å². The van der Waals surface area contributed by atoms with Gasteiger partial charge in [0.25, 0.3) is 0 Å². The van der Waals surface area contributed by atoms with Crippen molar-refractivity contribution in [3.8, 4) is 0 Å². The number of nitrogens with zero attached hydrogens (tertiary/aromatic N) is 1. The Bertz CT molecular complexity index is 560. The van der Waals surface area contributed by atoms with Crippen molar-refractivity contribution in [1.82, 2.24) is 5.32 Å². The predicted octanol–water partition coefficient (Wildman–Crippen LogP) is 2.04. The molecule has 6 heteroatoms. The predicted molar refractivity (Wildman–Crippen MR) is 81.5 cm³/mol. The zero-order valence-corrected chi connectivity index (χ0v) is 13.6. The lowest BCUT2D eigenvalue weighted by atomic mass is 10.1. The van der Waals surface area contributed by atoms with E-state index in [9.17, 15) is 8.42 Å². The molecule has 1 aromatic carbocycles. The number of anilines is 1. The molecule has 106 valence electrons. The molecule has 1 heterocycles. The van der Waals surface area contributed by atoms with Crippen LogP contribution in [0.25, 0.3) is 0 Å². The van der Waals surface area contributed by atoms with E-state index in [2.05, 4.69) is 26.1 Å². The van der Waals surface area contributed by atoms with Gasteiger partial charge in [-0.1, -0.05) is 15.9 Å². The second kappa shape index (κ2) is 5.81. The Morgan fingerprint density at radius 2 is 2.21 bits per heavy atom. The summed E-state index contributed by atoms with van der Waals surface area (Å²) < 4.78 is 25.5. The lowest BCUT2D eigenvalue weighted by molar-refractivity contribution is 0.541. The highest BCUT2D eigenvalue weighted by molar-refractivity contribution is 9.10. The average molecular weight is 347 g/mol. The van der Waals surface area contributed by atoms with E-state index in [1.807, 2.05) is 20.2 Å². The van der Waals surface area contributed by atoms with E-state index in [-0.39, 0.29) is 11.8 Å². The molecule has 1 N–H and O–H groups in total. The molecule has 1 aliphatic rings. The summed E-state index contributed by atoms with van der Waals surface area (Å²) in [5.41, 5.74) is 0.801. The molecule has 0 saturated heterocycles. The van der Waals surface area contributed by atoms with Gasteiger partial charge in [0.15, 0.2) is 9.84 Å². The summed E-state index contributed by atoms with van der Waals surface area (Å²) in [5, 5.41) is 3.10. The molecule has 4 nitrogen and oxygen atoms in total. The zero-order chi connectivity index (χ0) is 14.0. The van der Waals surface area contributed by atoms with Gasteiger partial charge in [0.05, 0.1) is 16.3 Å². The minimum atomic E-state index is -3.16. The summed E-state index contributed by atoms with van der Waals surface area (Å²) in [5.74, 6) is 0.210. The van der Waals surface area contributed by atoms with E-state index >= 15 is 0 Å². The number of halogens is 1. The number of benzene rings is 1. The average Bonchev–Trinajstić information content (AvgIpc) is 2.35. The highest BCUT2D eigenvalue weighted by Gasteiger charge is 2.33. The van der Waals surface area contributed by atoms with E-state index < -0.39 is 9.84 Å². The molecule has 0 aliphatic carbocycles. The maximum atomic E-state index is 12.3. The molecular weight excluding hydrogens is 328 g/mol. The highest BCUT2D eigenvalue weighted by Crippen LogP contribution is 2.35. The topological polar surface area (TPSA) is 49.4 Å². The van der Waals surface area contributed by atoms with Crippen molar-refractivity contribution in [2.24, 2.45) is 0 Å². The van der Waals surface area contributed by atoms with E-state index in [1.165, 1.54) is 0 Å². The third-order valence-corrected chi connectivity index (χ3v) is 5.89. The molecule has 0 aromatic heterocycles. The van der Waals surface area contributed by atoms with Crippen LogP contribution in [0.3, 0.4) is 0 Å². The zero-order valence-electron chi connectivity index (χ0n) is 11.2. The third-order valence-electron chi connectivity index (χ3n) is 3.56. The van der Waals surface area contributed by atoms with Crippen LogP contribution in [0.2, 0.25) is 0 Å². The summed E-state index contributed by atoms with van der Waals surface area (Å²) in [7, 11) is 0.726. The lowest BCUT2D eigenvalue weighted by Crippen LogP contribution is -2.42. The van der Waals surface area contributed by atoms with Gasteiger partial charge in [-0.15, -0.1) is 0 Å². The smallest absolute Gasteiger partial charge is 0.182 e. The van der Waals surface area contributed by atoms with Crippen LogP contribution in [-0.2, 0) is 9.84 Å². The number of fused-ring (bicyclic) bond motifs is 1. The monoisotopic (exact) mass is 346 g/mol. The number of hydrogen-bond donors (Lipinski definition) is 1. The van der Waals surface area contributed by atoms with E-state index in [0.717, 1.165) is 29.5 Å². The van der Waals surface area contributed by atoms with Crippen LogP contribution in [0.5, 0.6) is 0 Å². The summed E-state index contributed by atoms with van der Waals surface area (Å²) in [4.78, 5) is 2.54. The molecular formula is C13H19BrN2O2S. The molecule has 2 rings (SSSR count). The molecule has 0 bridgehead atoms. The van der Waals surface area contributed by atoms with Crippen LogP contribution in [0, 0.1) is 0 Å². The fraction of sp³-hybridized carbons (Fsp3) is 0.538. The van der Waals surface area contributed by atoms with E-state index in [1.54, 1.807) is 12.1 Å². The summed E-state index contributed by atoms with van der Waals surface area (Å²) in [6.07, 6.45) is 1.85. The molecule has 0 spiro atoms. The Hall–Kier alpha value is -0.590. The van der Waals surface area contributed by atoms with Crippen LogP contribution in [0.4, 0.5) is 5.69 Å².